The van der Waals surface area contributed by atoms with Gasteiger partial charge in [-0.25, -0.2) is 9.59 Å². The zero-order valence-electron chi connectivity index (χ0n) is 12.8. The Labute approximate surface area is 130 Å². The SMILES string of the molecule is CCOC(=O)c1ccc(C2CCC(/C=C/C(=O)O)CC2)cc1. The molecule has 1 aliphatic carbocycles. The van der Waals surface area contributed by atoms with Gasteiger partial charge in [-0.15, -0.1) is 0 Å². The third-order valence-corrected chi connectivity index (χ3v) is 4.18. The van der Waals surface area contributed by atoms with Gasteiger partial charge in [0.05, 0.1) is 12.2 Å². The monoisotopic (exact) mass is 302 g/mol. The first-order valence-corrected chi connectivity index (χ1v) is 7.78. The third-order valence-electron chi connectivity index (χ3n) is 4.18. The van der Waals surface area contributed by atoms with E-state index < -0.39 is 5.97 Å². The van der Waals surface area contributed by atoms with E-state index in [1.165, 1.54) is 11.6 Å². The molecule has 1 aromatic rings. The molecule has 0 spiro atoms. The molecule has 1 fully saturated rings. The Kier molecular flexibility index (Phi) is 5.75. The van der Waals surface area contributed by atoms with Gasteiger partial charge in [0, 0.05) is 6.08 Å². The Balaban J connectivity index is 1.91. The molecule has 2 rings (SSSR count). The van der Waals surface area contributed by atoms with Crippen molar-refractivity contribution in [1.29, 1.82) is 0 Å². The average Bonchev–Trinajstić information content (AvgIpc) is 2.54. The third kappa shape index (κ3) is 4.45. The summed E-state index contributed by atoms with van der Waals surface area (Å²) < 4.78 is 4.98. The summed E-state index contributed by atoms with van der Waals surface area (Å²) in [6, 6.07) is 7.65. The molecule has 1 aliphatic rings. The molecular weight excluding hydrogens is 280 g/mol. The van der Waals surface area contributed by atoms with Crippen LogP contribution >= 0.6 is 0 Å². The number of ether oxygens (including phenoxy) is 1. The summed E-state index contributed by atoms with van der Waals surface area (Å²) in [4.78, 5) is 22.2. The number of carboxylic acid groups (broad SMARTS) is 1. The van der Waals surface area contributed by atoms with Crippen LogP contribution in [0.4, 0.5) is 0 Å². The maximum Gasteiger partial charge on any atom is 0.338 e. The van der Waals surface area contributed by atoms with E-state index in [2.05, 4.69) is 0 Å². The summed E-state index contributed by atoms with van der Waals surface area (Å²) >= 11 is 0. The van der Waals surface area contributed by atoms with Crippen LogP contribution in [0.5, 0.6) is 0 Å². The fourth-order valence-electron chi connectivity index (χ4n) is 2.97. The standard InChI is InChI=1S/C18H22O4/c1-2-22-18(21)16-10-8-15(9-11-16)14-6-3-13(4-7-14)5-12-17(19)20/h5,8-14H,2-4,6-7H2,1H3,(H,19,20)/b12-5+. The van der Waals surface area contributed by atoms with Gasteiger partial charge in [0.2, 0.25) is 0 Å². The summed E-state index contributed by atoms with van der Waals surface area (Å²) in [5.74, 6) is -0.301. The maximum atomic E-state index is 11.6. The van der Waals surface area contributed by atoms with Gasteiger partial charge in [-0.2, -0.15) is 0 Å². The first kappa shape index (κ1) is 16.3. The molecule has 0 bridgehead atoms. The Morgan fingerprint density at radius 3 is 2.36 bits per heavy atom. The number of carbonyl (C=O) groups excluding carboxylic acids is 1. The van der Waals surface area contributed by atoms with E-state index in [0.29, 0.717) is 24.0 Å². The average molecular weight is 302 g/mol. The summed E-state index contributed by atoms with van der Waals surface area (Å²) in [6.07, 6.45) is 7.17. The van der Waals surface area contributed by atoms with Gasteiger partial charge in [0.1, 0.15) is 0 Å². The highest BCUT2D eigenvalue weighted by molar-refractivity contribution is 5.89. The molecule has 0 heterocycles. The molecule has 0 saturated heterocycles. The molecule has 1 aromatic carbocycles. The second kappa shape index (κ2) is 7.78. The Hall–Kier alpha value is -2.10. The maximum absolute atomic E-state index is 11.6. The van der Waals surface area contributed by atoms with Crippen molar-refractivity contribution in [1.82, 2.24) is 0 Å². The number of rotatable bonds is 5. The van der Waals surface area contributed by atoms with Crippen molar-refractivity contribution in [3.63, 3.8) is 0 Å². The van der Waals surface area contributed by atoms with E-state index >= 15 is 0 Å². The van der Waals surface area contributed by atoms with Gasteiger partial charge in [-0.3, -0.25) is 0 Å². The lowest BCUT2D eigenvalue weighted by atomic mass is 9.78. The molecule has 0 aliphatic heterocycles. The van der Waals surface area contributed by atoms with Gasteiger partial charge >= 0.3 is 11.9 Å². The molecule has 0 unspecified atom stereocenters. The lowest BCUT2D eigenvalue weighted by molar-refractivity contribution is -0.131. The second-order valence-corrected chi connectivity index (χ2v) is 5.65. The topological polar surface area (TPSA) is 63.6 Å². The van der Waals surface area contributed by atoms with Crippen LogP contribution in [0.25, 0.3) is 0 Å². The Morgan fingerprint density at radius 1 is 1.18 bits per heavy atom. The molecule has 4 nitrogen and oxygen atoms in total. The summed E-state index contributed by atoms with van der Waals surface area (Å²) in [7, 11) is 0. The van der Waals surface area contributed by atoms with Crippen LogP contribution in [0, 0.1) is 5.92 Å². The van der Waals surface area contributed by atoms with Crippen LogP contribution in [0.15, 0.2) is 36.4 Å². The Bertz CT molecular complexity index is 537. The number of hydrogen-bond donors (Lipinski definition) is 1. The van der Waals surface area contributed by atoms with E-state index in [0.717, 1.165) is 25.7 Å². The lowest BCUT2D eigenvalue weighted by Gasteiger charge is -2.27. The minimum atomic E-state index is -0.878. The van der Waals surface area contributed by atoms with Gasteiger partial charge in [-0.05, 0) is 62.1 Å². The first-order valence-electron chi connectivity index (χ1n) is 7.78. The normalized spacial score (nSPS) is 21.7. The molecule has 22 heavy (non-hydrogen) atoms. The van der Waals surface area contributed by atoms with Crippen molar-refractivity contribution in [3.05, 3.63) is 47.5 Å². The zero-order chi connectivity index (χ0) is 15.9. The predicted octanol–water partition coefficient (Wildman–Crippen LogP) is 3.78. The van der Waals surface area contributed by atoms with Crippen molar-refractivity contribution in [2.75, 3.05) is 6.61 Å². The van der Waals surface area contributed by atoms with Gasteiger partial charge in [0.25, 0.3) is 0 Å². The zero-order valence-corrected chi connectivity index (χ0v) is 12.8. The van der Waals surface area contributed by atoms with Gasteiger partial charge < -0.3 is 9.84 Å². The van der Waals surface area contributed by atoms with Crippen molar-refractivity contribution in [2.45, 2.75) is 38.5 Å². The van der Waals surface area contributed by atoms with E-state index in [-0.39, 0.29) is 5.97 Å². The van der Waals surface area contributed by atoms with Crippen LogP contribution in [0.1, 0.15) is 54.4 Å². The number of aliphatic carboxylic acids is 1. The highest BCUT2D eigenvalue weighted by atomic mass is 16.5. The van der Waals surface area contributed by atoms with Gasteiger partial charge in [0.15, 0.2) is 0 Å². The van der Waals surface area contributed by atoms with Crippen molar-refractivity contribution in [3.8, 4) is 0 Å². The number of benzene rings is 1. The fraction of sp³-hybridized carbons (Fsp3) is 0.444. The Morgan fingerprint density at radius 2 is 1.82 bits per heavy atom. The molecule has 1 saturated carbocycles. The molecular formula is C18H22O4. The molecule has 0 amide bonds. The van der Waals surface area contributed by atoms with Crippen LogP contribution in [0.3, 0.4) is 0 Å². The summed E-state index contributed by atoms with van der Waals surface area (Å²) in [5, 5.41) is 8.66. The first-order chi connectivity index (χ1) is 10.6. The minimum absolute atomic E-state index is 0.281. The quantitative estimate of drug-likeness (QED) is 0.664. The molecule has 0 radical (unpaired) electrons. The molecule has 1 N–H and O–H groups in total. The number of allylic oxidation sites excluding steroid dienone is 1. The highest BCUT2D eigenvalue weighted by Gasteiger charge is 2.21. The van der Waals surface area contributed by atoms with Crippen LogP contribution < -0.4 is 0 Å². The summed E-state index contributed by atoms with van der Waals surface area (Å²) in [5.41, 5.74) is 1.83. The van der Waals surface area contributed by atoms with E-state index in [1.54, 1.807) is 6.92 Å². The highest BCUT2D eigenvalue weighted by Crippen LogP contribution is 2.36. The number of carbonyl (C=O) groups is 2. The van der Waals surface area contributed by atoms with Crippen LogP contribution in [-0.4, -0.2) is 23.7 Å². The lowest BCUT2D eigenvalue weighted by Crippen LogP contribution is -2.12. The molecule has 0 aromatic heterocycles. The molecule has 118 valence electrons. The summed E-state index contributed by atoms with van der Waals surface area (Å²) in [6.45, 7) is 2.18. The predicted molar refractivity (Wildman–Crippen MR) is 83.9 cm³/mol. The van der Waals surface area contributed by atoms with Crippen molar-refractivity contribution >= 4 is 11.9 Å². The van der Waals surface area contributed by atoms with Gasteiger partial charge in [-0.1, -0.05) is 18.2 Å². The largest absolute Gasteiger partial charge is 0.478 e. The van der Waals surface area contributed by atoms with Crippen LogP contribution in [-0.2, 0) is 9.53 Å². The fourth-order valence-corrected chi connectivity index (χ4v) is 2.97. The smallest absolute Gasteiger partial charge is 0.338 e. The molecule has 0 atom stereocenters. The minimum Gasteiger partial charge on any atom is -0.478 e. The van der Waals surface area contributed by atoms with E-state index in [9.17, 15) is 9.59 Å². The number of hydrogen-bond acceptors (Lipinski definition) is 3. The molecule has 4 heteroatoms. The van der Waals surface area contributed by atoms with Crippen molar-refractivity contribution < 1.29 is 19.4 Å². The second-order valence-electron chi connectivity index (χ2n) is 5.65. The van der Waals surface area contributed by atoms with Crippen LogP contribution in [0.2, 0.25) is 0 Å². The van der Waals surface area contributed by atoms with E-state index in [1.807, 2.05) is 30.3 Å². The van der Waals surface area contributed by atoms with E-state index in [4.69, 9.17) is 9.84 Å². The number of carboxylic acids is 1. The van der Waals surface area contributed by atoms with Crippen molar-refractivity contribution in [2.24, 2.45) is 5.92 Å². The number of esters is 1.